The van der Waals surface area contributed by atoms with Gasteiger partial charge < -0.3 is 10.1 Å². The van der Waals surface area contributed by atoms with Crippen molar-refractivity contribution >= 4 is 28.7 Å². The van der Waals surface area contributed by atoms with Crippen LogP contribution in [0.5, 0.6) is 0 Å². The highest BCUT2D eigenvalue weighted by Gasteiger charge is 2.12. The van der Waals surface area contributed by atoms with Gasteiger partial charge >= 0.3 is 0 Å². The molecule has 1 aromatic heterocycles. The first-order chi connectivity index (χ1) is 8.29. The second-order valence-electron chi connectivity index (χ2n) is 3.97. The molecule has 1 aliphatic heterocycles. The van der Waals surface area contributed by atoms with Crippen LogP contribution in [0.25, 0.3) is 0 Å². The molecule has 96 valence electrons. The molecule has 0 spiro atoms. The van der Waals surface area contributed by atoms with Gasteiger partial charge in [-0.25, -0.2) is 4.68 Å². The summed E-state index contributed by atoms with van der Waals surface area (Å²) in [6, 6.07) is 0. The van der Waals surface area contributed by atoms with Crippen LogP contribution in [0.2, 0.25) is 0 Å². The molecule has 1 saturated heterocycles. The van der Waals surface area contributed by atoms with Gasteiger partial charge in [0.2, 0.25) is 5.13 Å². The largest absolute Gasteiger partial charge is 0.379 e. The van der Waals surface area contributed by atoms with E-state index in [0.29, 0.717) is 0 Å². The number of hydrogen-bond donors (Lipinski definition) is 1. The number of nitrogens with one attached hydrogen (secondary N) is 1. The normalized spacial score (nSPS) is 17.2. The zero-order chi connectivity index (χ0) is 12.1. The summed E-state index contributed by atoms with van der Waals surface area (Å²) in [6.45, 7) is 7.37. The van der Waals surface area contributed by atoms with Gasteiger partial charge in [0.25, 0.3) is 0 Å². The Labute approximate surface area is 110 Å². The van der Waals surface area contributed by atoms with Crippen molar-refractivity contribution in [1.29, 1.82) is 0 Å². The molecule has 0 saturated carbocycles. The number of rotatable bonds is 5. The molecule has 17 heavy (non-hydrogen) atoms. The highest BCUT2D eigenvalue weighted by Crippen LogP contribution is 2.14. The van der Waals surface area contributed by atoms with Crippen molar-refractivity contribution in [2.45, 2.75) is 20.0 Å². The molecule has 1 N–H and O–H groups in total. The number of anilines is 1. The molecule has 0 atom stereocenters. The highest BCUT2D eigenvalue weighted by atomic mass is 32.1. The minimum absolute atomic E-state index is 0.770. The zero-order valence-electron chi connectivity index (χ0n) is 10.0. The fourth-order valence-electron chi connectivity index (χ4n) is 1.63. The Balaban J connectivity index is 1.95. The quantitative estimate of drug-likeness (QED) is 0.829. The topological polar surface area (TPSA) is 42.3 Å². The van der Waals surface area contributed by atoms with Crippen molar-refractivity contribution in [1.82, 2.24) is 14.7 Å². The van der Waals surface area contributed by atoms with E-state index in [1.165, 1.54) is 0 Å². The van der Waals surface area contributed by atoms with Gasteiger partial charge in [-0.1, -0.05) is 18.3 Å². The standard InChI is InChI=1S/C10H18N4OS2/c1-2-3-11-9-12-14(10(16)17-9)8-13-4-6-15-7-5-13/h2-8H2,1H3,(H,11,12). The summed E-state index contributed by atoms with van der Waals surface area (Å²) in [5.74, 6) is 0. The van der Waals surface area contributed by atoms with Gasteiger partial charge in [0, 0.05) is 19.6 Å². The van der Waals surface area contributed by atoms with Crippen molar-refractivity contribution < 1.29 is 4.74 Å². The Hall–Kier alpha value is -0.500. The van der Waals surface area contributed by atoms with E-state index in [9.17, 15) is 0 Å². The van der Waals surface area contributed by atoms with E-state index in [4.69, 9.17) is 17.0 Å². The fourth-order valence-corrected chi connectivity index (χ4v) is 2.65. The van der Waals surface area contributed by atoms with Crippen LogP contribution in [0.4, 0.5) is 5.13 Å². The van der Waals surface area contributed by atoms with Crippen LogP contribution in [0.3, 0.4) is 0 Å². The Morgan fingerprint density at radius 2 is 2.24 bits per heavy atom. The first-order valence-corrected chi connectivity index (χ1v) is 7.14. The minimum Gasteiger partial charge on any atom is -0.379 e. The van der Waals surface area contributed by atoms with Crippen LogP contribution in [-0.4, -0.2) is 47.5 Å². The van der Waals surface area contributed by atoms with Crippen molar-refractivity contribution in [3.8, 4) is 0 Å². The van der Waals surface area contributed by atoms with E-state index in [-0.39, 0.29) is 0 Å². The second kappa shape index (κ2) is 6.44. The maximum Gasteiger partial charge on any atom is 0.204 e. The number of nitrogens with zero attached hydrogens (tertiary/aromatic N) is 3. The van der Waals surface area contributed by atoms with Crippen molar-refractivity contribution in [2.75, 3.05) is 38.2 Å². The molecule has 1 fully saturated rings. The fraction of sp³-hybridized carbons (Fsp3) is 0.800. The molecule has 7 heteroatoms. The summed E-state index contributed by atoms with van der Waals surface area (Å²) in [5.41, 5.74) is 0. The molecule has 0 aromatic carbocycles. The van der Waals surface area contributed by atoms with E-state index < -0.39 is 0 Å². The molecule has 2 heterocycles. The molecular formula is C10H18N4OS2. The Morgan fingerprint density at radius 1 is 1.47 bits per heavy atom. The van der Waals surface area contributed by atoms with Gasteiger partial charge in [0.1, 0.15) is 0 Å². The Bertz CT molecular complexity index is 397. The Kier molecular flexibility index (Phi) is 4.90. The van der Waals surface area contributed by atoms with Crippen LogP contribution < -0.4 is 5.32 Å². The van der Waals surface area contributed by atoms with Crippen LogP contribution >= 0.6 is 23.6 Å². The zero-order valence-corrected chi connectivity index (χ0v) is 11.6. The summed E-state index contributed by atoms with van der Waals surface area (Å²) >= 11 is 6.85. The van der Waals surface area contributed by atoms with Gasteiger partial charge in [-0.15, -0.1) is 5.10 Å². The second-order valence-corrected chi connectivity index (χ2v) is 5.59. The molecule has 1 aliphatic rings. The lowest BCUT2D eigenvalue weighted by atomic mass is 10.4. The molecule has 0 amide bonds. The smallest absolute Gasteiger partial charge is 0.204 e. The third kappa shape index (κ3) is 3.74. The monoisotopic (exact) mass is 274 g/mol. The van der Waals surface area contributed by atoms with Gasteiger partial charge in [0.05, 0.1) is 19.9 Å². The lowest BCUT2D eigenvalue weighted by molar-refractivity contribution is 0.0212. The minimum atomic E-state index is 0.770. The van der Waals surface area contributed by atoms with Crippen molar-refractivity contribution in [2.24, 2.45) is 0 Å². The molecule has 0 bridgehead atoms. The van der Waals surface area contributed by atoms with E-state index in [0.717, 1.165) is 55.0 Å². The summed E-state index contributed by atoms with van der Waals surface area (Å²) in [5, 5.41) is 8.67. The predicted molar refractivity (Wildman–Crippen MR) is 72.1 cm³/mol. The number of ether oxygens (including phenoxy) is 1. The molecule has 0 aliphatic carbocycles. The van der Waals surface area contributed by atoms with Crippen LogP contribution in [0, 0.1) is 3.95 Å². The average molecular weight is 274 g/mol. The highest BCUT2D eigenvalue weighted by molar-refractivity contribution is 7.73. The molecule has 1 aromatic rings. The first kappa shape index (κ1) is 12.9. The van der Waals surface area contributed by atoms with E-state index in [2.05, 4.69) is 22.2 Å². The third-order valence-electron chi connectivity index (χ3n) is 2.57. The predicted octanol–water partition coefficient (Wildman–Crippen LogP) is 1.79. The van der Waals surface area contributed by atoms with Crippen molar-refractivity contribution in [3.63, 3.8) is 0 Å². The maximum absolute atomic E-state index is 5.32. The summed E-state index contributed by atoms with van der Waals surface area (Å²) in [7, 11) is 0. The van der Waals surface area contributed by atoms with E-state index >= 15 is 0 Å². The van der Waals surface area contributed by atoms with Gasteiger partial charge in [0.15, 0.2) is 3.95 Å². The Morgan fingerprint density at radius 3 is 2.94 bits per heavy atom. The summed E-state index contributed by atoms with van der Waals surface area (Å²) in [4.78, 5) is 2.31. The van der Waals surface area contributed by atoms with Crippen molar-refractivity contribution in [3.05, 3.63) is 3.95 Å². The number of hydrogen-bond acceptors (Lipinski definition) is 6. The lowest BCUT2D eigenvalue weighted by Gasteiger charge is -2.25. The van der Waals surface area contributed by atoms with E-state index in [1.54, 1.807) is 11.3 Å². The van der Waals surface area contributed by atoms with Crippen LogP contribution in [-0.2, 0) is 11.4 Å². The van der Waals surface area contributed by atoms with E-state index in [1.807, 2.05) is 4.68 Å². The molecule has 5 nitrogen and oxygen atoms in total. The van der Waals surface area contributed by atoms with Gasteiger partial charge in [-0.3, -0.25) is 4.90 Å². The molecule has 0 unspecified atom stereocenters. The third-order valence-corrected chi connectivity index (χ3v) is 3.84. The molecular weight excluding hydrogens is 256 g/mol. The van der Waals surface area contributed by atoms with Crippen LogP contribution in [0.1, 0.15) is 13.3 Å². The number of aromatic nitrogens is 2. The SMILES string of the molecule is CCCNc1nn(CN2CCOCC2)c(=S)s1. The molecule has 0 radical (unpaired) electrons. The van der Waals surface area contributed by atoms with Crippen LogP contribution in [0.15, 0.2) is 0 Å². The lowest BCUT2D eigenvalue weighted by Crippen LogP contribution is -2.37. The first-order valence-electron chi connectivity index (χ1n) is 5.91. The summed E-state index contributed by atoms with van der Waals surface area (Å²) in [6.07, 6.45) is 1.09. The molecule has 2 rings (SSSR count). The maximum atomic E-state index is 5.32. The number of morpholine rings is 1. The summed E-state index contributed by atoms with van der Waals surface area (Å²) < 4.78 is 8.04. The average Bonchev–Trinajstić information content (AvgIpc) is 2.69. The van der Waals surface area contributed by atoms with Gasteiger partial charge in [-0.2, -0.15) is 0 Å². The van der Waals surface area contributed by atoms with Gasteiger partial charge in [-0.05, 0) is 18.6 Å².